The quantitative estimate of drug-likeness (QED) is 0.509. The molecule has 1 aromatic heterocycles. The van der Waals surface area contributed by atoms with Crippen LogP contribution in [0.3, 0.4) is 0 Å². The Morgan fingerprint density at radius 3 is 2.95 bits per heavy atom. The van der Waals surface area contributed by atoms with Gasteiger partial charge in [0.25, 0.3) is 0 Å². The number of amidine groups is 1. The van der Waals surface area contributed by atoms with Crippen LogP contribution in [0.1, 0.15) is 23.2 Å². The Labute approximate surface area is 119 Å². The number of methoxy groups -OCH3 is 2. The first-order chi connectivity index (χ1) is 9.65. The number of aryl methyl sites for hydroxylation is 2. The van der Waals surface area contributed by atoms with Crippen LogP contribution in [0.15, 0.2) is 6.07 Å². The van der Waals surface area contributed by atoms with E-state index in [4.69, 9.17) is 20.6 Å². The van der Waals surface area contributed by atoms with Crippen molar-refractivity contribution < 1.29 is 9.47 Å². The Bertz CT molecular complexity index is 490. The summed E-state index contributed by atoms with van der Waals surface area (Å²) in [5.74, 6) is 0.701. The second kappa shape index (κ2) is 6.67. The molecular weight excluding hydrogens is 256 g/mol. The van der Waals surface area contributed by atoms with Crippen LogP contribution in [0.5, 0.6) is 0 Å². The maximum atomic E-state index is 7.69. The van der Waals surface area contributed by atoms with Gasteiger partial charge in [-0.2, -0.15) is 0 Å². The number of hydrogen-bond acceptors (Lipinski definition) is 5. The number of nitrogens with one attached hydrogen (secondary N) is 2. The van der Waals surface area contributed by atoms with Crippen molar-refractivity contribution >= 4 is 11.7 Å². The minimum atomic E-state index is -0.0603. The number of fused-ring (bicyclic) bond motifs is 1. The fourth-order valence-corrected chi connectivity index (χ4v) is 2.42. The summed E-state index contributed by atoms with van der Waals surface area (Å²) in [5.41, 5.74) is 8.64. The number of nitrogens with zero attached hydrogens (tertiary/aromatic N) is 1. The lowest BCUT2D eigenvalue weighted by Gasteiger charge is -2.17. The number of rotatable bonds is 7. The summed E-state index contributed by atoms with van der Waals surface area (Å²) in [7, 11) is 3.29. The van der Waals surface area contributed by atoms with Crippen molar-refractivity contribution in [2.75, 3.05) is 32.7 Å². The molecule has 6 heteroatoms. The van der Waals surface area contributed by atoms with Gasteiger partial charge in [-0.15, -0.1) is 0 Å². The second-order valence-corrected chi connectivity index (χ2v) is 4.95. The Balaban J connectivity index is 2.15. The summed E-state index contributed by atoms with van der Waals surface area (Å²) in [4.78, 5) is 4.61. The van der Waals surface area contributed by atoms with Crippen molar-refractivity contribution in [3.63, 3.8) is 0 Å². The van der Waals surface area contributed by atoms with Gasteiger partial charge in [-0.25, -0.2) is 4.98 Å². The minimum absolute atomic E-state index is 0.0374. The number of nitrogen functional groups attached to an aromatic ring is 1. The van der Waals surface area contributed by atoms with Crippen LogP contribution in [0.4, 0.5) is 5.82 Å². The van der Waals surface area contributed by atoms with E-state index in [1.807, 2.05) is 6.07 Å². The molecule has 1 atom stereocenters. The number of ether oxygens (including phenoxy) is 2. The fourth-order valence-electron chi connectivity index (χ4n) is 2.42. The number of nitrogens with two attached hydrogens (primary N) is 1. The zero-order chi connectivity index (χ0) is 14.5. The van der Waals surface area contributed by atoms with Gasteiger partial charge in [0.05, 0.1) is 18.3 Å². The normalized spacial score (nSPS) is 14.9. The summed E-state index contributed by atoms with van der Waals surface area (Å²) < 4.78 is 10.4. The number of anilines is 1. The molecule has 110 valence electrons. The van der Waals surface area contributed by atoms with E-state index in [-0.39, 0.29) is 11.9 Å². The van der Waals surface area contributed by atoms with Gasteiger partial charge in [-0.3, -0.25) is 5.41 Å². The van der Waals surface area contributed by atoms with E-state index >= 15 is 0 Å². The molecule has 0 saturated carbocycles. The zero-order valence-electron chi connectivity index (χ0n) is 12.0. The molecule has 1 unspecified atom stereocenters. The molecule has 1 aliphatic carbocycles. The first-order valence-corrected chi connectivity index (χ1v) is 6.78. The molecule has 0 fully saturated rings. The summed E-state index contributed by atoms with van der Waals surface area (Å²) in [5, 5.41) is 10.9. The van der Waals surface area contributed by atoms with Gasteiger partial charge < -0.3 is 20.5 Å². The van der Waals surface area contributed by atoms with E-state index in [2.05, 4.69) is 10.3 Å². The standard InChI is InChI=1S/C14H22N4O2/c1-19-8-10(20-2)7-17-14-11(13(15)16)6-9-4-3-5-12(9)18-14/h6,10H,3-5,7-8H2,1-2H3,(H3,15,16)(H,17,18). The summed E-state index contributed by atoms with van der Waals surface area (Å²) in [6, 6.07) is 1.98. The average Bonchev–Trinajstić information content (AvgIpc) is 2.89. The summed E-state index contributed by atoms with van der Waals surface area (Å²) in [6.45, 7) is 1.07. The van der Waals surface area contributed by atoms with E-state index in [1.165, 1.54) is 5.56 Å². The first-order valence-electron chi connectivity index (χ1n) is 6.78. The molecule has 0 aliphatic heterocycles. The third kappa shape index (κ3) is 3.26. The van der Waals surface area contributed by atoms with Crippen LogP contribution >= 0.6 is 0 Å². The van der Waals surface area contributed by atoms with Crippen molar-refractivity contribution in [3.8, 4) is 0 Å². The number of hydrogen-bond donors (Lipinski definition) is 3. The molecule has 1 heterocycles. The predicted molar refractivity (Wildman–Crippen MR) is 78.4 cm³/mol. The van der Waals surface area contributed by atoms with Crippen molar-refractivity contribution in [2.45, 2.75) is 25.4 Å². The molecule has 20 heavy (non-hydrogen) atoms. The maximum Gasteiger partial charge on any atom is 0.137 e. The van der Waals surface area contributed by atoms with Gasteiger partial charge in [0.15, 0.2) is 0 Å². The molecule has 0 spiro atoms. The van der Waals surface area contributed by atoms with E-state index in [0.29, 0.717) is 24.5 Å². The molecule has 4 N–H and O–H groups in total. The minimum Gasteiger partial charge on any atom is -0.384 e. The lowest BCUT2D eigenvalue weighted by atomic mass is 10.1. The molecule has 0 radical (unpaired) electrons. The highest BCUT2D eigenvalue weighted by atomic mass is 16.5. The van der Waals surface area contributed by atoms with Crippen LogP contribution in [0, 0.1) is 5.41 Å². The third-order valence-electron chi connectivity index (χ3n) is 3.52. The monoisotopic (exact) mass is 278 g/mol. The largest absolute Gasteiger partial charge is 0.384 e. The molecular formula is C14H22N4O2. The highest BCUT2D eigenvalue weighted by molar-refractivity contribution is 5.99. The average molecular weight is 278 g/mol. The Morgan fingerprint density at radius 1 is 1.50 bits per heavy atom. The van der Waals surface area contributed by atoms with Crippen LogP contribution in [0.2, 0.25) is 0 Å². The molecule has 6 nitrogen and oxygen atoms in total. The van der Waals surface area contributed by atoms with Crippen molar-refractivity contribution in [2.24, 2.45) is 5.73 Å². The van der Waals surface area contributed by atoms with Crippen molar-refractivity contribution in [1.82, 2.24) is 4.98 Å². The van der Waals surface area contributed by atoms with Gasteiger partial charge in [0.2, 0.25) is 0 Å². The molecule has 0 saturated heterocycles. The molecule has 1 aliphatic rings. The first kappa shape index (κ1) is 14.7. The van der Waals surface area contributed by atoms with Gasteiger partial charge in [0, 0.05) is 26.5 Å². The summed E-state index contributed by atoms with van der Waals surface area (Å²) in [6.07, 6.45) is 3.07. The zero-order valence-corrected chi connectivity index (χ0v) is 12.0. The van der Waals surface area contributed by atoms with Crippen LogP contribution < -0.4 is 11.1 Å². The predicted octanol–water partition coefficient (Wildman–Crippen LogP) is 0.928. The van der Waals surface area contributed by atoms with Gasteiger partial charge in [0.1, 0.15) is 11.7 Å². The fraction of sp³-hybridized carbons (Fsp3) is 0.571. The number of pyridine rings is 1. The summed E-state index contributed by atoms with van der Waals surface area (Å²) >= 11 is 0. The Kier molecular flexibility index (Phi) is 4.92. The molecule has 0 bridgehead atoms. The van der Waals surface area contributed by atoms with E-state index in [0.717, 1.165) is 25.0 Å². The van der Waals surface area contributed by atoms with Crippen molar-refractivity contribution in [1.29, 1.82) is 5.41 Å². The number of aromatic nitrogens is 1. The lowest BCUT2D eigenvalue weighted by molar-refractivity contribution is 0.0365. The van der Waals surface area contributed by atoms with Crippen LogP contribution in [-0.2, 0) is 22.3 Å². The van der Waals surface area contributed by atoms with Gasteiger partial charge in [-0.1, -0.05) is 0 Å². The second-order valence-electron chi connectivity index (χ2n) is 4.95. The maximum absolute atomic E-state index is 7.69. The van der Waals surface area contributed by atoms with Gasteiger partial charge in [-0.05, 0) is 30.9 Å². The SMILES string of the molecule is COCC(CNc1nc2c(cc1C(=N)N)CCC2)OC. The highest BCUT2D eigenvalue weighted by Crippen LogP contribution is 2.25. The molecule has 0 aromatic carbocycles. The van der Waals surface area contributed by atoms with E-state index in [1.54, 1.807) is 14.2 Å². The Hall–Kier alpha value is -1.66. The highest BCUT2D eigenvalue weighted by Gasteiger charge is 2.18. The van der Waals surface area contributed by atoms with E-state index in [9.17, 15) is 0 Å². The van der Waals surface area contributed by atoms with Crippen LogP contribution in [0.25, 0.3) is 0 Å². The van der Waals surface area contributed by atoms with Crippen molar-refractivity contribution in [3.05, 3.63) is 22.9 Å². The molecule has 0 amide bonds. The van der Waals surface area contributed by atoms with Gasteiger partial charge >= 0.3 is 0 Å². The Morgan fingerprint density at radius 2 is 2.30 bits per heavy atom. The third-order valence-corrected chi connectivity index (χ3v) is 3.52. The topological polar surface area (TPSA) is 93.2 Å². The van der Waals surface area contributed by atoms with E-state index < -0.39 is 0 Å². The molecule has 2 rings (SSSR count). The molecule has 1 aromatic rings. The smallest absolute Gasteiger partial charge is 0.137 e. The lowest BCUT2D eigenvalue weighted by Crippen LogP contribution is -2.28. The van der Waals surface area contributed by atoms with Crippen LogP contribution in [-0.4, -0.2) is 44.3 Å².